The fourth-order valence-electron chi connectivity index (χ4n) is 1.87. The SMILES string of the molecule is CC(Cc1ccsc1)NC(=O)c1ccc(CBr)cc1. The van der Waals surface area contributed by atoms with Crippen molar-refractivity contribution in [2.45, 2.75) is 24.7 Å². The molecule has 0 aliphatic heterocycles. The Bertz CT molecular complexity index is 522. The monoisotopic (exact) mass is 337 g/mol. The van der Waals surface area contributed by atoms with Crippen molar-refractivity contribution in [3.8, 4) is 0 Å². The number of carbonyl (C=O) groups is 1. The summed E-state index contributed by atoms with van der Waals surface area (Å²) in [5.41, 5.74) is 3.15. The van der Waals surface area contributed by atoms with Gasteiger partial charge < -0.3 is 5.32 Å². The van der Waals surface area contributed by atoms with Gasteiger partial charge in [-0.15, -0.1) is 0 Å². The molecule has 1 N–H and O–H groups in total. The predicted molar refractivity (Wildman–Crippen MR) is 84.0 cm³/mol. The van der Waals surface area contributed by atoms with Crippen LogP contribution in [0.25, 0.3) is 0 Å². The van der Waals surface area contributed by atoms with Gasteiger partial charge >= 0.3 is 0 Å². The Labute approximate surface area is 126 Å². The number of nitrogens with one attached hydrogen (secondary N) is 1. The van der Waals surface area contributed by atoms with Crippen LogP contribution in [0.4, 0.5) is 0 Å². The van der Waals surface area contributed by atoms with Gasteiger partial charge in [-0.25, -0.2) is 0 Å². The zero-order chi connectivity index (χ0) is 13.7. The molecule has 2 rings (SSSR count). The molecule has 1 unspecified atom stereocenters. The van der Waals surface area contributed by atoms with E-state index in [1.54, 1.807) is 11.3 Å². The predicted octanol–water partition coefficient (Wildman–Crippen LogP) is 4.00. The van der Waals surface area contributed by atoms with E-state index >= 15 is 0 Å². The van der Waals surface area contributed by atoms with Crippen molar-refractivity contribution in [3.05, 3.63) is 57.8 Å². The van der Waals surface area contributed by atoms with Crippen molar-refractivity contribution in [2.24, 2.45) is 0 Å². The molecule has 100 valence electrons. The van der Waals surface area contributed by atoms with Crippen molar-refractivity contribution < 1.29 is 4.79 Å². The summed E-state index contributed by atoms with van der Waals surface area (Å²) >= 11 is 5.08. The molecule has 1 aromatic heterocycles. The second-order valence-electron chi connectivity index (χ2n) is 4.54. The van der Waals surface area contributed by atoms with Gasteiger partial charge in [-0.2, -0.15) is 11.3 Å². The molecule has 0 saturated heterocycles. The summed E-state index contributed by atoms with van der Waals surface area (Å²) in [6, 6.07) is 9.89. The van der Waals surface area contributed by atoms with Crippen LogP contribution in [0.3, 0.4) is 0 Å². The second kappa shape index (κ2) is 6.87. The third-order valence-electron chi connectivity index (χ3n) is 2.87. The minimum absolute atomic E-state index is 0.0103. The normalized spacial score (nSPS) is 12.1. The van der Waals surface area contributed by atoms with Gasteiger partial charge in [-0.1, -0.05) is 28.1 Å². The maximum absolute atomic E-state index is 12.1. The highest BCUT2D eigenvalue weighted by Gasteiger charge is 2.10. The summed E-state index contributed by atoms with van der Waals surface area (Å²) < 4.78 is 0. The zero-order valence-corrected chi connectivity index (χ0v) is 13.1. The fraction of sp³-hybridized carbons (Fsp3) is 0.267. The first-order chi connectivity index (χ1) is 9.19. The summed E-state index contributed by atoms with van der Waals surface area (Å²) in [6.07, 6.45) is 0.870. The Kier molecular flexibility index (Phi) is 5.16. The topological polar surface area (TPSA) is 29.1 Å². The van der Waals surface area contributed by atoms with Crippen LogP contribution in [0, 0.1) is 0 Å². The van der Waals surface area contributed by atoms with E-state index in [0.717, 1.165) is 11.8 Å². The van der Waals surface area contributed by atoms with Crippen LogP contribution >= 0.6 is 27.3 Å². The minimum atomic E-state index is -0.0103. The lowest BCUT2D eigenvalue weighted by atomic mass is 10.1. The summed E-state index contributed by atoms with van der Waals surface area (Å²) in [4.78, 5) is 12.1. The van der Waals surface area contributed by atoms with E-state index in [0.29, 0.717) is 5.56 Å². The van der Waals surface area contributed by atoms with Gasteiger partial charge in [0, 0.05) is 16.9 Å². The first kappa shape index (κ1) is 14.3. The maximum Gasteiger partial charge on any atom is 0.251 e. The number of carbonyl (C=O) groups excluding carboxylic acids is 1. The van der Waals surface area contributed by atoms with Gasteiger partial charge in [0.1, 0.15) is 0 Å². The molecular formula is C15H16BrNOS. The van der Waals surface area contributed by atoms with E-state index < -0.39 is 0 Å². The van der Waals surface area contributed by atoms with Crippen LogP contribution in [0.2, 0.25) is 0 Å². The van der Waals surface area contributed by atoms with E-state index in [2.05, 4.69) is 38.1 Å². The van der Waals surface area contributed by atoms with Crippen molar-refractivity contribution in [1.29, 1.82) is 0 Å². The molecule has 0 fully saturated rings. The Morgan fingerprint density at radius 1 is 1.26 bits per heavy atom. The number of amides is 1. The van der Waals surface area contributed by atoms with Gasteiger partial charge in [-0.3, -0.25) is 4.79 Å². The standard InChI is InChI=1S/C15H16BrNOS/c1-11(8-13-6-7-19-10-13)17-15(18)14-4-2-12(9-16)3-5-14/h2-7,10-11H,8-9H2,1H3,(H,17,18). The molecule has 0 radical (unpaired) electrons. The maximum atomic E-state index is 12.1. The molecule has 2 nitrogen and oxygen atoms in total. The van der Waals surface area contributed by atoms with Gasteiger partial charge in [0.05, 0.1) is 0 Å². The van der Waals surface area contributed by atoms with Crippen LogP contribution in [0.5, 0.6) is 0 Å². The Hall–Kier alpha value is -1.13. The Morgan fingerprint density at radius 3 is 2.58 bits per heavy atom. The molecule has 4 heteroatoms. The average molecular weight is 338 g/mol. The molecule has 1 amide bonds. The number of thiophene rings is 1. The van der Waals surface area contributed by atoms with Crippen LogP contribution in [-0.4, -0.2) is 11.9 Å². The van der Waals surface area contributed by atoms with E-state index in [-0.39, 0.29) is 11.9 Å². The van der Waals surface area contributed by atoms with Crippen LogP contribution in [0.15, 0.2) is 41.1 Å². The molecule has 1 atom stereocenters. The molecule has 1 aromatic carbocycles. The van der Waals surface area contributed by atoms with Crippen molar-refractivity contribution in [2.75, 3.05) is 0 Å². The van der Waals surface area contributed by atoms with Gasteiger partial charge in [-0.05, 0) is 53.4 Å². The summed E-state index contributed by atoms with van der Waals surface area (Å²) in [5, 5.41) is 8.01. The average Bonchev–Trinajstić information content (AvgIpc) is 2.91. The quantitative estimate of drug-likeness (QED) is 0.820. The highest BCUT2D eigenvalue weighted by atomic mass is 79.9. The number of hydrogen-bond acceptors (Lipinski definition) is 2. The van der Waals surface area contributed by atoms with Crippen LogP contribution in [-0.2, 0) is 11.8 Å². The number of hydrogen-bond donors (Lipinski definition) is 1. The van der Waals surface area contributed by atoms with Crippen molar-refractivity contribution in [1.82, 2.24) is 5.32 Å². The van der Waals surface area contributed by atoms with Gasteiger partial charge in [0.15, 0.2) is 0 Å². The van der Waals surface area contributed by atoms with E-state index in [1.807, 2.05) is 31.2 Å². The Morgan fingerprint density at radius 2 is 2.00 bits per heavy atom. The molecule has 0 bridgehead atoms. The van der Waals surface area contributed by atoms with E-state index in [1.165, 1.54) is 11.1 Å². The summed E-state index contributed by atoms with van der Waals surface area (Å²) in [5.74, 6) is -0.0103. The smallest absolute Gasteiger partial charge is 0.251 e. The second-order valence-corrected chi connectivity index (χ2v) is 5.88. The number of rotatable bonds is 5. The van der Waals surface area contributed by atoms with E-state index in [4.69, 9.17) is 0 Å². The highest BCUT2D eigenvalue weighted by Crippen LogP contribution is 2.10. The molecule has 0 saturated carbocycles. The van der Waals surface area contributed by atoms with Crippen LogP contribution in [0.1, 0.15) is 28.4 Å². The minimum Gasteiger partial charge on any atom is -0.349 e. The number of alkyl halides is 1. The highest BCUT2D eigenvalue weighted by molar-refractivity contribution is 9.08. The first-order valence-corrected chi connectivity index (χ1v) is 8.22. The molecular weight excluding hydrogens is 322 g/mol. The molecule has 19 heavy (non-hydrogen) atoms. The lowest BCUT2D eigenvalue weighted by molar-refractivity contribution is 0.0940. The number of halogens is 1. The largest absolute Gasteiger partial charge is 0.349 e. The first-order valence-electron chi connectivity index (χ1n) is 6.16. The summed E-state index contributed by atoms with van der Waals surface area (Å²) in [7, 11) is 0. The molecule has 2 aromatic rings. The molecule has 1 heterocycles. The Balaban J connectivity index is 1.92. The molecule has 0 aliphatic rings. The van der Waals surface area contributed by atoms with E-state index in [9.17, 15) is 4.79 Å². The van der Waals surface area contributed by atoms with Gasteiger partial charge in [0.2, 0.25) is 0 Å². The van der Waals surface area contributed by atoms with Crippen LogP contribution < -0.4 is 5.32 Å². The molecule has 0 spiro atoms. The lowest BCUT2D eigenvalue weighted by Gasteiger charge is -2.13. The van der Waals surface area contributed by atoms with Crippen molar-refractivity contribution in [3.63, 3.8) is 0 Å². The van der Waals surface area contributed by atoms with Gasteiger partial charge in [0.25, 0.3) is 5.91 Å². The lowest BCUT2D eigenvalue weighted by Crippen LogP contribution is -2.33. The third-order valence-corrected chi connectivity index (χ3v) is 4.25. The third kappa shape index (κ3) is 4.18. The number of benzene rings is 1. The van der Waals surface area contributed by atoms with Crippen molar-refractivity contribution >= 4 is 33.2 Å². The molecule has 0 aliphatic carbocycles. The summed E-state index contributed by atoms with van der Waals surface area (Å²) in [6.45, 7) is 2.03. The fourth-order valence-corrected chi connectivity index (χ4v) is 2.92. The zero-order valence-electron chi connectivity index (χ0n) is 10.7.